The molecule has 1 aromatic carbocycles. The summed E-state index contributed by atoms with van der Waals surface area (Å²) in [5, 5.41) is 10.4. The van der Waals surface area contributed by atoms with Crippen LogP contribution in [0.2, 0.25) is 5.02 Å². The van der Waals surface area contributed by atoms with Crippen LogP contribution in [0.3, 0.4) is 0 Å². The van der Waals surface area contributed by atoms with Crippen LogP contribution in [0.4, 0.5) is 0 Å². The molecule has 0 radical (unpaired) electrons. The molecule has 0 aliphatic rings. The third-order valence-corrected chi connectivity index (χ3v) is 6.07. The first-order valence-electron chi connectivity index (χ1n) is 9.25. The summed E-state index contributed by atoms with van der Waals surface area (Å²) in [6.07, 6.45) is 6.29. The zero-order valence-corrected chi connectivity index (χ0v) is 17.0. The van der Waals surface area contributed by atoms with E-state index in [4.69, 9.17) is 16.0 Å². The van der Waals surface area contributed by atoms with E-state index < -0.39 is 0 Å². The van der Waals surface area contributed by atoms with Crippen molar-refractivity contribution in [3.8, 4) is 10.4 Å². The van der Waals surface area contributed by atoms with Crippen molar-refractivity contribution >= 4 is 38.8 Å². The Morgan fingerprint density at radius 1 is 1.18 bits per heavy atom. The number of carbonyl (C=O) groups is 1. The van der Waals surface area contributed by atoms with E-state index in [0.29, 0.717) is 23.6 Å². The molecule has 142 valence electrons. The Kier molecular flexibility index (Phi) is 5.55. The van der Waals surface area contributed by atoms with Crippen molar-refractivity contribution in [2.45, 2.75) is 32.6 Å². The summed E-state index contributed by atoms with van der Waals surface area (Å²) in [4.78, 5) is 13.8. The second-order valence-electron chi connectivity index (χ2n) is 6.69. The van der Waals surface area contributed by atoms with Gasteiger partial charge in [-0.25, -0.2) is 0 Å². The third-order valence-electron chi connectivity index (χ3n) is 4.63. The zero-order valence-electron chi connectivity index (χ0n) is 15.4. The molecule has 6 heteroatoms. The van der Waals surface area contributed by atoms with Crippen LogP contribution >= 0.6 is 22.9 Å². The fourth-order valence-electron chi connectivity index (χ4n) is 3.10. The minimum atomic E-state index is 0.0544. The number of furan rings is 1. The lowest BCUT2D eigenvalue weighted by Crippen LogP contribution is -2.06. The molecule has 0 atom stereocenters. The lowest BCUT2D eigenvalue weighted by molar-refractivity contribution is 0.0976. The van der Waals surface area contributed by atoms with Gasteiger partial charge >= 0.3 is 0 Å². The average Bonchev–Trinajstić information content (AvgIpc) is 3.37. The summed E-state index contributed by atoms with van der Waals surface area (Å²) < 4.78 is 6.08. The number of aromatic nitrogens is 2. The number of thiophene rings is 1. The second-order valence-corrected chi connectivity index (χ2v) is 8.18. The molecule has 0 saturated heterocycles. The van der Waals surface area contributed by atoms with Crippen molar-refractivity contribution in [3.05, 3.63) is 70.9 Å². The molecular weight excluding hydrogens is 392 g/mol. The molecule has 0 saturated carbocycles. The molecule has 0 unspecified atom stereocenters. The summed E-state index contributed by atoms with van der Waals surface area (Å²) >= 11 is 7.61. The lowest BCUT2D eigenvalue weighted by Gasteiger charge is -2.04. The van der Waals surface area contributed by atoms with Gasteiger partial charge in [0.2, 0.25) is 0 Å². The molecule has 0 amide bonds. The molecule has 0 aliphatic carbocycles. The Morgan fingerprint density at radius 3 is 2.71 bits per heavy atom. The summed E-state index contributed by atoms with van der Waals surface area (Å²) in [5.74, 6) is 0.0544. The fraction of sp³-hybridized carbons (Fsp3) is 0.227. The molecule has 4 aromatic rings. The number of fused-ring (bicyclic) bond motifs is 1. The van der Waals surface area contributed by atoms with Crippen LogP contribution in [0, 0.1) is 0 Å². The molecule has 3 aromatic heterocycles. The normalized spacial score (nSPS) is 11.2. The van der Waals surface area contributed by atoms with Gasteiger partial charge in [-0.05, 0) is 41.8 Å². The van der Waals surface area contributed by atoms with Gasteiger partial charge in [-0.3, -0.25) is 4.79 Å². The largest absolute Gasteiger partial charge is 0.472 e. The number of halogens is 1. The van der Waals surface area contributed by atoms with E-state index in [1.807, 2.05) is 30.3 Å². The van der Waals surface area contributed by atoms with Crippen LogP contribution in [0.25, 0.3) is 20.5 Å². The van der Waals surface area contributed by atoms with E-state index in [1.54, 1.807) is 23.9 Å². The van der Waals surface area contributed by atoms with Crippen molar-refractivity contribution in [3.63, 3.8) is 0 Å². The van der Waals surface area contributed by atoms with E-state index in [2.05, 4.69) is 23.2 Å². The van der Waals surface area contributed by atoms with Gasteiger partial charge in [0.25, 0.3) is 0 Å². The summed E-state index contributed by atoms with van der Waals surface area (Å²) in [5.41, 5.74) is 3.41. The van der Waals surface area contributed by atoms with E-state index >= 15 is 0 Å². The quantitative estimate of drug-likeness (QED) is 0.323. The number of hydrogen-bond donors (Lipinski definition) is 0. The van der Waals surface area contributed by atoms with Gasteiger partial charge in [-0.15, -0.1) is 16.4 Å². The summed E-state index contributed by atoms with van der Waals surface area (Å²) in [6.45, 7) is 2.08. The van der Waals surface area contributed by atoms with E-state index in [1.165, 1.54) is 0 Å². The minimum absolute atomic E-state index is 0.0544. The van der Waals surface area contributed by atoms with Crippen LogP contribution in [0.15, 0.2) is 53.3 Å². The monoisotopic (exact) mass is 410 g/mol. The molecule has 28 heavy (non-hydrogen) atoms. The van der Waals surface area contributed by atoms with Crippen molar-refractivity contribution in [2.24, 2.45) is 0 Å². The predicted octanol–water partition coefficient (Wildman–Crippen LogP) is 6.57. The highest BCUT2D eigenvalue weighted by Gasteiger charge is 2.19. The van der Waals surface area contributed by atoms with Gasteiger partial charge in [0, 0.05) is 28.1 Å². The van der Waals surface area contributed by atoms with E-state index in [9.17, 15) is 4.79 Å². The molecule has 4 nitrogen and oxygen atoms in total. The zero-order chi connectivity index (χ0) is 19.5. The number of hydrogen-bond acceptors (Lipinski definition) is 5. The van der Waals surface area contributed by atoms with Crippen LogP contribution in [0.1, 0.15) is 47.9 Å². The summed E-state index contributed by atoms with van der Waals surface area (Å²) in [7, 11) is 0. The number of unbranched alkanes of at least 4 members (excludes halogenated alkanes) is 1. The average molecular weight is 411 g/mol. The Labute approximate surface area is 172 Å². The number of ketones is 1. The number of benzene rings is 1. The summed E-state index contributed by atoms with van der Waals surface area (Å²) in [6, 6.07) is 11.7. The van der Waals surface area contributed by atoms with Gasteiger partial charge in [0.1, 0.15) is 5.69 Å². The first-order valence-corrected chi connectivity index (χ1v) is 10.4. The third kappa shape index (κ3) is 3.86. The topological polar surface area (TPSA) is 56.0 Å². The SMILES string of the molecule is CCCCC(=O)c1nnc(Cc2ccoc2)c2cc(-c3ccc(Cl)cc3)sc12. The Balaban J connectivity index is 1.82. The predicted molar refractivity (Wildman–Crippen MR) is 113 cm³/mol. The van der Waals surface area contributed by atoms with Gasteiger partial charge in [-0.1, -0.05) is 37.1 Å². The molecular formula is C22H19ClN2O2S. The second kappa shape index (κ2) is 8.25. The van der Waals surface area contributed by atoms with Crippen LogP contribution in [0.5, 0.6) is 0 Å². The Hall–Kier alpha value is -2.50. The van der Waals surface area contributed by atoms with E-state index in [-0.39, 0.29) is 5.78 Å². The minimum Gasteiger partial charge on any atom is -0.472 e. The molecule has 0 N–H and O–H groups in total. The van der Waals surface area contributed by atoms with Crippen molar-refractivity contribution in [1.82, 2.24) is 10.2 Å². The number of nitrogens with zero attached hydrogens (tertiary/aromatic N) is 2. The van der Waals surface area contributed by atoms with Crippen molar-refractivity contribution in [2.75, 3.05) is 0 Å². The first kappa shape index (κ1) is 18.8. The smallest absolute Gasteiger partial charge is 0.184 e. The van der Waals surface area contributed by atoms with Crippen LogP contribution < -0.4 is 0 Å². The van der Waals surface area contributed by atoms with Gasteiger partial charge in [-0.2, -0.15) is 5.10 Å². The first-order chi connectivity index (χ1) is 13.7. The number of rotatable bonds is 7. The standard InChI is InChI=1S/C22H19ClN2O2S/c1-2-3-4-19(26)21-22-17(18(24-25-21)11-14-9-10-27-13-14)12-20(28-22)15-5-7-16(23)8-6-15/h5-10,12-13H,2-4,11H2,1H3. The van der Waals surface area contributed by atoms with Crippen LogP contribution in [-0.2, 0) is 6.42 Å². The molecule has 0 bridgehead atoms. The highest BCUT2D eigenvalue weighted by Crippen LogP contribution is 2.37. The van der Waals surface area contributed by atoms with Crippen molar-refractivity contribution in [1.29, 1.82) is 0 Å². The maximum Gasteiger partial charge on any atom is 0.184 e. The highest BCUT2D eigenvalue weighted by atomic mass is 35.5. The molecule has 4 rings (SSSR count). The van der Waals surface area contributed by atoms with Crippen molar-refractivity contribution < 1.29 is 9.21 Å². The Bertz CT molecular complexity index is 1100. The lowest BCUT2D eigenvalue weighted by atomic mass is 10.1. The number of carbonyl (C=O) groups excluding carboxylic acids is 1. The fourth-order valence-corrected chi connectivity index (χ4v) is 4.42. The Morgan fingerprint density at radius 2 is 2.00 bits per heavy atom. The van der Waals surface area contributed by atoms with Crippen LogP contribution in [-0.4, -0.2) is 16.0 Å². The molecule has 0 fully saturated rings. The highest BCUT2D eigenvalue weighted by molar-refractivity contribution is 7.22. The maximum atomic E-state index is 12.7. The maximum absolute atomic E-state index is 12.7. The van der Waals surface area contributed by atoms with E-state index in [0.717, 1.165) is 44.6 Å². The van der Waals surface area contributed by atoms with Gasteiger partial charge in [0.05, 0.1) is 22.9 Å². The van der Waals surface area contributed by atoms with Gasteiger partial charge < -0.3 is 4.42 Å². The number of Topliss-reactive ketones (excluding diaryl/α,β-unsaturated/α-hetero) is 1. The molecule has 3 heterocycles. The van der Waals surface area contributed by atoms with Gasteiger partial charge in [0.15, 0.2) is 5.78 Å². The molecule has 0 spiro atoms. The molecule has 0 aliphatic heterocycles.